The van der Waals surface area contributed by atoms with Gasteiger partial charge >= 0.3 is 5.97 Å². The number of hydrogen-bond donors (Lipinski definition) is 7. The predicted molar refractivity (Wildman–Crippen MR) is 134 cm³/mol. The third-order valence-electron chi connectivity index (χ3n) is 4.62. The van der Waals surface area contributed by atoms with Gasteiger partial charge in [0.15, 0.2) is 0 Å². The zero-order chi connectivity index (χ0) is 24.8. The van der Waals surface area contributed by atoms with E-state index in [1.54, 1.807) is 11.8 Å². The minimum absolute atomic E-state index is 0.0485. The molecule has 0 fully saturated rings. The molecule has 0 saturated heterocycles. The fraction of sp³-hybridized carbons (Fsp3) is 0.632. The third kappa shape index (κ3) is 10.7. The maximum atomic E-state index is 13.0. The number of nitrogens with zero attached hydrogens (tertiary/aromatic N) is 1. The number of hydrogen-bond acceptors (Lipinski definition) is 9. The van der Waals surface area contributed by atoms with Gasteiger partial charge in [-0.1, -0.05) is 0 Å². The van der Waals surface area contributed by atoms with Crippen molar-refractivity contribution in [3.63, 3.8) is 0 Å². The van der Waals surface area contributed by atoms with Crippen molar-refractivity contribution in [1.29, 1.82) is 0 Å². The maximum absolute atomic E-state index is 13.0. The third-order valence-corrected chi connectivity index (χ3v) is 6.28. The number of thioether (sulfide) groups is 2. The molecule has 1 aromatic rings. The molecule has 14 heteroatoms. The number of rotatable bonds is 16. The topological polar surface area (TPSA) is 179 Å². The summed E-state index contributed by atoms with van der Waals surface area (Å²) in [5, 5.41) is 16.9. The van der Waals surface area contributed by atoms with E-state index in [2.05, 4.69) is 38.5 Å². The Kier molecular flexibility index (Phi) is 14.0. The molecule has 1 aromatic heterocycles. The smallest absolute Gasteiger partial charge is 0.327 e. The van der Waals surface area contributed by atoms with Crippen LogP contribution in [0.15, 0.2) is 12.5 Å². The first-order chi connectivity index (χ1) is 15.7. The zero-order valence-corrected chi connectivity index (χ0v) is 21.1. The lowest BCUT2D eigenvalue weighted by Gasteiger charge is -2.24. The highest BCUT2D eigenvalue weighted by molar-refractivity contribution is 7.98. The van der Waals surface area contributed by atoms with Crippen LogP contribution in [0.3, 0.4) is 0 Å². The summed E-state index contributed by atoms with van der Waals surface area (Å²) in [6.45, 7) is 0. The second kappa shape index (κ2) is 15.9. The van der Waals surface area contributed by atoms with Crippen molar-refractivity contribution < 1.29 is 24.3 Å². The maximum Gasteiger partial charge on any atom is 0.327 e. The van der Waals surface area contributed by atoms with Gasteiger partial charge in [-0.25, -0.2) is 9.78 Å². The highest BCUT2D eigenvalue weighted by atomic mass is 32.2. The Bertz CT molecular complexity index is 767. The van der Waals surface area contributed by atoms with E-state index in [0.29, 0.717) is 30.0 Å². The molecule has 3 amide bonds. The van der Waals surface area contributed by atoms with Crippen LogP contribution in [0.1, 0.15) is 18.5 Å². The molecular weight excluding hydrogens is 488 g/mol. The molecule has 0 saturated carbocycles. The summed E-state index contributed by atoms with van der Waals surface area (Å²) in [6, 6.07) is -3.97. The van der Waals surface area contributed by atoms with Gasteiger partial charge in [0.1, 0.15) is 18.1 Å². The van der Waals surface area contributed by atoms with E-state index < -0.39 is 47.9 Å². The van der Waals surface area contributed by atoms with Gasteiger partial charge in [-0.2, -0.15) is 36.2 Å². The van der Waals surface area contributed by atoms with E-state index >= 15 is 0 Å². The number of carboxylic acids is 1. The summed E-state index contributed by atoms with van der Waals surface area (Å²) in [5.74, 6) is -1.76. The Hall–Kier alpha value is -1.90. The molecule has 0 aliphatic heterocycles. The van der Waals surface area contributed by atoms with Crippen molar-refractivity contribution in [2.45, 2.75) is 43.4 Å². The Morgan fingerprint density at radius 2 is 1.61 bits per heavy atom. The average molecular weight is 521 g/mol. The number of imidazole rings is 1. The van der Waals surface area contributed by atoms with Crippen LogP contribution in [-0.2, 0) is 25.6 Å². The van der Waals surface area contributed by atoms with E-state index in [0.717, 1.165) is 0 Å². The minimum Gasteiger partial charge on any atom is -0.480 e. The first-order valence-electron chi connectivity index (χ1n) is 10.2. The number of aliphatic carboxylic acids is 1. The minimum atomic E-state index is -1.24. The normalized spacial score (nSPS) is 14.5. The molecule has 0 spiro atoms. The lowest BCUT2D eigenvalue weighted by Crippen LogP contribution is -2.58. The number of thiol groups is 1. The van der Waals surface area contributed by atoms with Crippen molar-refractivity contribution in [2.24, 2.45) is 5.73 Å². The SMILES string of the molecule is CSCCC(N)C(=O)NC(CCSC)C(=O)NC(Cc1cnc[nH]1)C(=O)NC(CS)C(=O)O. The number of aromatic amines is 1. The summed E-state index contributed by atoms with van der Waals surface area (Å²) in [6.07, 6.45) is 7.56. The quantitative estimate of drug-likeness (QED) is 0.138. The fourth-order valence-corrected chi connectivity index (χ4v) is 3.92. The standard InChI is InChI=1S/C19H32N6O5S3/c1-32-5-3-12(20)16(26)23-13(4-6-33-2)17(27)24-14(7-11-8-21-10-22-11)18(28)25-15(9-31)19(29)30/h8,10,12-15,31H,3-7,9,20H2,1-2H3,(H,21,22)(H,23,26)(H,24,27)(H,25,28)(H,29,30). The number of carboxylic acid groups (broad SMARTS) is 1. The molecule has 4 atom stereocenters. The molecule has 33 heavy (non-hydrogen) atoms. The molecule has 186 valence electrons. The summed E-state index contributed by atoms with van der Waals surface area (Å²) < 4.78 is 0. The van der Waals surface area contributed by atoms with Crippen molar-refractivity contribution in [2.75, 3.05) is 29.8 Å². The highest BCUT2D eigenvalue weighted by Crippen LogP contribution is 2.06. The van der Waals surface area contributed by atoms with E-state index in [1.165, 1.54) is 24.3 Å². The Labute approximate surface area is 207 Å². The lowest BCUT2D eigenvalue weighted by molar-refractivity contribution is -0.141. The summed E-state index contributed by atoms with van der Waals surface area (Å²) in [4.78, 5) is 56.3. The van der Waals surface area contributed by atoms with Crippen LogP contribution >= 0.6 is 36.2 Å². The van der Waals surface area contributed by atoms with Crippen LogP contribution < -0.4 is 21.7 Å². The number of carbonyl (C=O) groups excluding carboxylic acids is 3. The number of aromatic nitrogens is 2. The summed E-state index contributed by atoms with van der Waals surface area (Å²) in [7, 11) is 0. The lowest BCUT2D eigenvalue weighted by atomic mass is 10.1. The number of amides is 3. The van der Waals surface area contributed by atoms with E-state index in [4.69, 9.17) is 5.73 Å². The number of H-pyrrole nitrogens is 1. The Morgan fingerprint density at radius 3 is 2.15 bits per heavy atom. The van der Waals surface area contributed by atoms with Gasteiger partial charge < -0.3 is 31.8 Å². The molecule has 0 aliphatic rings. The van der Waals surface area contributed by atoms with Crippen molar-refractivity contribution in [3.05, 3.63) is 18.2 Å². The predicted octanol–water partition coefficient (Wildman–Crippen LogP) is -0.745. The van der Waals surface area contributed by atoms with Gasteiger partial charge in [-0.05, 0) is 36.9 Å². The molecule has 0 aromatic carbocycles. The molecule has 1 rings (SSSR count). The van der Waals surface area contributed by atoms with Gasteiger partial charge in [0.25, 0.3) is 0 Å². The van der Waals surface area contributed by atoms with Gasteiger partial charge in [-0.15, -0.1) is 0 Å². The second-order valence-electron chi connectivity index (χ2n) is 7.15. The molecule has 0 radical (unpaired) electrons. The van der Waals surface area contributed by atoms with E-state index in [-0.39, 0.29) is 12.2 Å². The van der Waals surface area contributed by atoms with Gasteiger partial charge in [0.05, 0.1) is 12.4 Å². The van der Waals surface area contributed by atoms with Gasteiger partial charge in [0, 0.05) is 24.1 Å². The Morgan fingerprint density at radius 1 is 1.03 bits per heavy atom. The van der Waals surface area contributed by atoms with Crippen LogP contribution in [0.25, 0.3) is 0 Å². The summed E-state index contributed by atoms with van der Waals surface area (Å²) in [5.41, 5.74) is 6.49. The van der Waals surface area contributed by atoms with Crippen LogP contribution in [-0.4, -0.2) is 92.7 Å². The van der Waals surface area contributed by atoms with Crippen molar-refractivity contribution in [1.82, 2.24) is 25.9 Å². The zero-order valence-electron chi connectivity index (χ0n) is 18.6. The monoisotopic (exact) mass is 520 g/mol. The number of carbonyl (C=O) groups is 4. The number of nitrogens with one attached hydrogen (secondary N) is 4. The molecule has 1 heterocycles. The van der Waals surface area contributed by atoms with Crippen LogP contribution in [0.5, 0.6) is 0 Å². The molecule has 0 bridgehead atoms. The first kappa shape index (κ1) is 29.1. The van der Waals surface area contributed by atoms with Crippen LogP contribution in [0.4, 0.5) is 0 Å². The number of nitrogens with two attached hydrogens (primary N) is 1. The Balaban J connectivity index is 2.96. The van der Waals surface area contributed by atoms with Crippen molar-refractivity contribution in [3.8, 4) is 0 Å². The van der Waals surface area contributed by atoms with E-state index in [1.807, 2.05) is 12.5 Å². The van der Waals surface area contributed by atoms with Gasteiger partial charge in [0.2, 0.25) is 17.7 Å². The first-order valence-corrected chi connectivity index (χ1v) is 13.6. The van der Waals surface area contributed by atoms with E-state index in [9.17, 15) is 24.3 Å². The average Bonchev–Trinajstić information content (AvgIpc) is 3.30. The van der Waals surface area contributed by atoms with Gasteiger partial charge in [-0.3, -0.25) is 14.4 Å². The molecular formula is C19H32N6O5S3. The van der Waals surface area contributed by atoms with Crippen molar-refractivity contribution >= 4 is 59.8 Å². The highest BCUT2D eigenvalue weighted by Gasteiger charge is 2.30. The largest absolute Gasteiger partial charge is 0.480 e. The fourth-order valence-electron chi connectivity index (χ4n) is 2.71. The molecule has 11 nitrogen and oxygen atoms in total. The van der Waals surface area contributed by atoms with Crippen LogP contribution in [0.2, 0.25) is 0 Å². The van der Waals surface area contributed by atoms with Crippen LogP contribution in [0, 0.1) is 0 Å². The molecule has 4 unspecified atom stereocenters. The second-order valence-corrected chi connectivity index (χ2v) is 9.49. The summed E-state index contributed by atoms with van der Waals surface area (Å²) >= 11 is 7.02. The molecule has 7 N–H and O–H groups in total. The molecule has 0 aliphatic carbocycles.